The lowest BCUT2D eigenvalue weighted by Crippen LogP contribution is -2.65. The Kier molecular flexibility index (Phi) is 4.07. The zero-order valence-corrected chi connectivity index (χ0v) is 16.1. The van der Waals surface area contributed by atoms with E-state index in [2.05, 4.69) is 27.0 Å². The first kappa shape index (κ1) is 17.7. The molecule has 0 bridgehead atoms. The second-order valence-corrected chi connectivity index (χ2v) is 9.51. The van der Waals surface area contributed by atoms with Crippen molar-refractivity contribution in [2.45, 2.75) is 12.0 Å². The molecule has 140 valence electrons. The molecule has 0 radical (unpaired) electrons. The summed E-state index contributed by atoms with van der Waals surface area (Å²) in [5.41, 5.74) is 2.32. The number of nitriles is 1. The highest BCUT2D eigenvalue weighted by molar-refractivity contribution is 7.96. The molecular formula is C18H21N7OS. The number of aromatic amines is 1. The van der Waals surface area contributed by atoms with Crippen LogP contribution in [-0.4, -0.2) is 65.6 Å². The Morgan fingerprint density at radius 1 is 1.44 bits per heavy atom. The molecule has 1 saturated heterocycles. The minimum Gasteiger partial charge on any atom is -0.346 e. The molecular weight excluding hydrogens is 362 g/mol. The van der Waals surface area contributed by atoms with E-state index in [1.165, 1.54) is 0 Å². The molecule has 9 heteroatoms. The molecule has 1 atom stereocenters. The first-order chi connectivity index (χ1) is 12.9. The van der Waals surface area contributed by atoms with Gasteiger partial charge in [-0.2, -0.15) is 10.4 Å². The maximum Gasteiger partial charge on any atom is 0.137 e. The summed E-state index contributed by atoms with van der Waals surface area (Å²) in [5, 5.41) is 14.9. The van der Waals surface area contributed by atoms with Gasteiger partial charge in [-0.1, -0.05) is 0 Å². The predicted molar refractivity (Wildman–Crippen MR) is 106 cm³/mol. The Morgan fingerprint density at radius 2 is 2.22 bits per heavy atom. The Morgan fingerprint density at radius 3 is 2.93 bits per heavy atom. The van der Waals surface area contributed by atoms with Gasteiger partial charge in [0.15, 0.2) is 0 Å². The largest absolute Gasteiger partial charge is 0.346 e. The molecule has 1 fully saturated rings. The van der Waals surface area contributed by atoms with Crippen molar-refractivity contribution in [3.05, 3.63) is 36.9 Å². The van der Waals surface area contributed by atoms with Crippen molar-refractivity contribution >= 4 is 26.8 Å². The fourth-order valence-electron chi connectivity index (χ4n) is 3.46. The zero-order valence-electron chi connectivity index (χ0n) is 15.3. The number of H-pyrrole nitrogens is 1. The fourth-order valence-corrected chi connectivity index (χ4v) is 4.81. The molecule has 3 aromatic heterocycles. The van der Waals surface area contributed by atoms with E-state index in [9.17, 15) is 9.47 Å². The molecule has 1 aliphatic rings. The van der Waals surface area contributed by atoms with Crippen molar-refractivity contribution in [3.63, 3.8) is 0 Å². The molecule has 0 spiro atoms. The average molecular weight is 383 g/mol. The van der Waals surface area contributed by atoms with E-state index in [4.69, 9.17) is 0 Å². The summed E-state index contributed by atoms with van der Waals surface area (Å²) in [5.74, 6) is 3.85. The van der Waals surface area contributed by atoms with Crippen molar-refractivity contribution in [2.75, 3.05) is 27.2 Å². The smallest absolute Gasteiger partial charge is 0.137 e. The lowest BCUT2D eigenvalue weighted by molar-refractivity contribution is 0.0724. The van der Waals surface area contributed by atoms with Crippen LogP contribution in [0.4, 0.5) is 0 Å². The lowest BCUT2D eigenvalue weighted by Gasteiger charge is -2.50. The van der Waals surface area contributed by atoms with Crippen LogP contribution in [-0.2, 0) is 15.4 Å². The van der Waals surface area contributed by atoms with Gasteiger partial charge in [0.2, 0.25) is 0 Å². The number of aromatic nitrogens is 4. The third kappa shape index (κ3) is 2.73. The van der Waals surface area contributed by atoms with Crippen LogP contribution in [0.5, 0.6) is 0 Å². The molecule has 4 heterocycles. The van der Waals surface area contributed by atoms with Crippen LogP contribution in [0.2, 0.25) is 0 Å². The summed E-state index contributed by atoms with van der Waals surface area (Å²) in [7, 11) is 0.994. The minimum absolute atomic E-state index is 0.295. The van der Waals surface area contributed by atoms with Crippen LogP contribution in [0, 0.1) is 11.3 Å². The maximum absolute atomic E-state index is 12.8. The summed E-state index contributed by atoms with van der Waals surface area (Å²) < 4.78 is 18.0. The third-order valence-corrected chi connectivity index (χ3v) is 7.37. The molecule has 4 rings (SSSR count). The van der Waals surface area contributed by atoms with Crippen molar-refractivity contribution in [3.8, 4) is 17.2 Å². The molecule has 3 aromatic rings. The van der Waals surface area contributed by atoms with Gasteiger partial charge in [0, 0.05) is 56.7 Å². The van der Waals surface area contributed by atoms with E-state index in [1.807, 2.05) is 33.5 Å². The highest BCUT2D eigenvalue weighted by Crippen LogP contribution is 2.36. The minimum atomic E-state index is -2.50. The maximum atomic E-state index is 12.8. The monoisotopic (exact) mass is 383 g/mol. The van der Waals surface area contributed by atoms with Gasteiger partial charge in [-0.05, 0) is 23.6 Å². The van der Waals surface area contributed by atoms with Gasteiger partial charge in [-0.3, -0.25) is 4.68 Å². The van der Waals surface area contributed by atoms with Gasteiger partial charge in [-0.15, -0.1) is 0 Å². The molecule has 0 aliphatic carbocycles. The zero-order chi connectivity index (χ0) is 19.2. The second kappa shape index (κ2) is 6.20. The van der Waals surface area contributed by atoms with Gasteiger partial charge in [0.1, 0.15) is 11.2 Å². The molecule has 0 aromatic carbocycles. The first-order valence-corrected chi connectivity index (χ1v) is 10.2. The summed E-state index contributed by atoms with van der Waals surface area (Å²) in [6.45, 7) is 0.941. The molecule has 0 saturated carbocycles. The lowest BCUT2D eigenvalue weighted by atomic mass is 9.89. The van der Waals surface area contributed by atoms with Crippen LogP contribution >= 0.6 is 0 Å². The average Bonchev–Trinajstić information content (AvgIpc) is 3.26. The van der Waals surface area contributed by atoms with Crippen molar-refractivity contribution in [1.82, 2.24) is 28.4 Å². The SMILES string of the molecule is C=S(=O)(N(C)C)N1CC(CC#N)(n2cc(-c3ccnc4[nH]ccc34)cn2)C1. The van der Waals surface area contributed by atoms with Crippen molar-refractivity contribution in [1.29, 1.82) is 5.26 Å². The van der Waals surface area contributed by atoms with Crippen LogP contribution < -0.4 is 0 Å². The highest BCUT2D eigenvalue weighted by atomic mass is 32.2. The van der Waals surface area contributed by atoms with E-state index >= 15 is 0 Å². The molecule has 8 nitrogen and oxygen atoms in total. The van der Waals surface area contributed by atoms with Crippen molar-refractivity contribution < 1.29 is 4.21 Å². The molecule has 27 heavy (non-hydrogen) atoms. The van der Waals surface area contributed by atoms with Crippen molar-refractivity contribution in [2.24, 2.45) is 0 Å². The standard InChI is InChI=1S/C18H21N7OS/c1-23(2)27(3,26)24-12-18(13-24,6-7-19)25-11-14(10-22-25)15-4-8-20-17-16(15)5-9-21-17/h4-5,8-11H,3,6,12-13H2,1-2H3,(H,20,21). The fraction of sp³-hybridized carbons (Fsp3) is 0.333. The van der Waals surface area contributed by atoms with Crippen LogP contribution in [0.15, 0.2) is 36.9 Å². The number of rotatable bonds is 5. The highest BCUT2D eigenvalue weighted by Gasteiger charge is 2.48. The number of hydrogen-bond donors (Lipinski definition) is 1. The normalized spacial score (nSPS) is 18.9. The molecule has 1 unspecified atom stereocenters. The summed E-state index contributed by atoms with van der Waals surface area (Å²) in [6, 6.07) is 6.20. The van der Waals surface area contributed by atoms with Gasteiger partial charge in [0.25, 0.3) is 0 Å². The summed E-state index contributed by atoms with van der Waals surface area (Å²) in [6.07, 6.45) is 7.67. The van der Waals surface area contributed by atoms with Gasteiger partial charge in [-0.25, -0.2) is 17.8 Å². The first-order valence-electron chi connectivity index (χ1n) is 8.52. The van der Waals surface area contributed by atoms with Crippen LogP contribution in [0.25, 0.3) is 22.2 Å². The molecule has 1 aliphatic heterocycles. The predicted octanol–water partition coefficient (Wildman–Crippen LogP) is 1.46. The van der Waals surface area contributed by atoms with Gasteiger partial charge >= 0.3 is 0 Å². The van der Waals surface area contributed by atoms with Gasteiger partial charge in [0.05, 0.1) is 28.6 Å². The quantitative estimate of drug-likeness (QED) is 0.675. The number of nitrogens with one attached hydrogen (secondary N) is 1. The Hall–Kier alpha value is -2.67. The van der Waals surface area contributed by atoms with E-state index in [-0.39, 0.29) is 0 Å². The van der Waals surface area contributed by atoms with Gasteiger partial charge < -0.3 is 4.98 Å². The number of pyridine rings is 1. The van der Waals surface area contributed by atoms with E-state index < -0.39 is 15.4 Å². The van der Waals surface area contributed by atoms with Crippen LogP contribution in [0.1, 0.15) is 6.42 Å². The Bertz CT molecular complexity index is 1130. The van der Waals surface area contributed by atoms with Crippen LogP contribution in [0.3, 0.4) is 0 Å². The Labute approximate surface area is 158 Å². The number of nitrogens with zero attached hydrogens (tertiary/aromatic N) is 6. The Balaban J connectivity index is 1.67. The summed E-state index contributed by atoms with van der Waals surface area (Å²) >= 11 is 0. The van der Waals surface area contributed by atoms with E-state index in [0.29, 0.717) is 19.5 Å². The third-order valence-electron chi connectivity index (χ3n) is 5.16. The topological polar surface area (TPSA) is 93.8 Å². The second-order valence-electron chi connectivity index (χ2n) is 7.05. The molecule has 1 N–H and O–H groups in total. The van der Waals surface area contributed by atoms with E-state index in [0.717, 1.165) is 22.2 Å². The van der Waals surface area contributed by atoms with E-state index in [1.54, 1.807) is 30.8 Å². The number of fused-ring (bicyclic) bond motifs is 1. The number of hydrogen-bond acceptors (Lipinski definition) is 4. The molecule has 0 amide bonds. The summed E-state index contributed by atoms with van der Waals surface area (Å²) in [4.78, 5) is 7.43.